The van der Waals surface area contributed by atoms with Crippen molar-refractivity contribution >= 4 is 34.3 Å². The van der Waals surface area contributed by atoms with E-state index in [1.54, 1.807) is 24.9 Å². The summed E-state index contributed by atoms with van der Waals surface area (Å²) < 4.78 is 10.6. The minimum atomic E-state index is -0.412. The third-order valence-corrected chi connectivity index (χ3v) is 5.21. The van der Waals surface area contributed by atoms with Gasteiger partial charge in [-0.1, -0.05) is 0 Å². The molecule has 27 heavy (non-hydrogen) atoms. The Morgan fingerprint density at radius 1 is 1.19 bits per heavy atom. The van der Waals surface area contributed by atoms with Crippen LogP contribution in [-0.2, 0) is 11.2 Å². The molecule has 0 saturated heterocycles. The lowest BCUT2D eigenvalue weighted by Crippen LogP contribution is -2.16. The number of nitrogens with one attached hydrogen (secondary N) is 1. The predicted molar refractivity (Wildman–Crippen MR) is 109 cm³/mol. The van der Waals surface area contributed by atoms with Gasteiger partial charge in [0.1, 0.15) is 11.3 Å². The SMILES string of the molecule is COc1ccc2c(C)c(CCC(=O)Nc3ccc(SC)cc3)c(=O)oc2c1. The summed E-state index contributed by atoms with van der Waals surface area (Å²) in [6, 6.07) is 13.0. The normalized spacial score (nSPS) is 10.8. The number of anilines is 1. The molecule has 0 unspecified atom stereocenters. The minimum absolute atomic E-state index is 0.138. The molecule has 0 aliphatic heterocycles. The van der Waals surface area contributed by atoms with Crippen LogP contribution in [0.2, 0.25) is 0 Å². The van der Waals surface area contributed by atoms with E-state index in [0.29, 0.717) is 23.3 Å². The summed E-state index contributed by atoms with van der Waals surface area (Å²) in [7, 11) is 1.56. The highest BCUT2D eigenvalue weighted by Gasteiger charge is 2.14. The van der Waals surface area contributed by atoms with Gasteiger partial charge in [0.05, 0.1) is 7.11 Å². The molecule has 0 fully saturated rings. The van der Waals surface area contributed by atoms with Crippen LogP contribution in [0.1, 0.15) is 17.5 Å². The van der Waals surface area contributed by atoms with Crippen molar-refractivity contribution in [3.8, 4) is 5.75 Å². The molecule has 0 saturated carbocycles. The van der Waals surface area contributed by atoms with Gasteiger partial charge in [-0.15, -0.1) is 11.8 Å². The Balaban J connectivity index is 1.74. The molecule has 3 aromatic rings. The maximum Gasteiger partial charge on any atom is 0.339 e. The molecule has 6 heteroatoms. The van der Waals surface area contributed by atoms with Crippen LogP contribution in [0.5, 0.6) is 5.75 Å². The molecule has 0 aliphatic rings. The van der Waals surface area contributed by atoms with Crippen LogP contribution >= 0.6 is 11.8 Å². The van der Waals surface area contributed by atoms with Crippen LogP contribution in [0.4, 0.5) is 5.69 Å². The van der Waals surface area contributed by atoms with E-state index in [1.807, 2.05) is 49.6 Å². The molecule has 140 valence electrons. The first-order chi connectivity index (χ1) is 13.0. The van der Waals surface area contributed by atoms with E-state index in [9.17, 15) is 9.59 Å². The fourth-order valence-corrected chi connectivity index (χ4v) is 3.34. The van der Waals surface area contributed by atoms with Gasteiger partial charge in [-0.05, 0) is 61.6 Å². The average Bonchev–Trinajstić information content (AvgIpc) is 2.67. The van der Waals surface area contributed by atoms with Crippen LogP contribution in [0.3, 0.4) is 0 Å². The highest BCUT2D eigenvalue weighted by Crippen LogP contribution is 2.24. The summed E-state index contributed by atoms with van der Waals surface area (Å²) in [4.78, 5) is 25.7. The van der Waals surface area contributed by atoms with E-state index in [1.165, 1.54) is 0 Å². The molecule has 5 nitrogen and oxygen atoms in total. The number of hydrogen-bond acceptors (Lipinski definition) is 5. The van der Waals surface area contributed by atoms with Crippen LogP contribution in [-0.4, -0.2) is 19.3 Å². The van der Waals surface area contributed by atoms with Gasteiger partial charge in [0.15, 0.2) is 0 Å². The molecule has 1 N–H and O–H groups in total. The van der Waals surface area contributed by atoms with E-state index >= 15 is 0 Å². The van der Waals surface area contributed by atoms with E-state index in [0.717, 1.165) is 21.5 Å². The molecule has 0 atom stereocenters. The number of rotatable bonds is 6. The van der Waals surface area contributed by atoms with Crippen molar-refractivity contribution in [2.24, 2.45) is 0 Å². The number of methoxy groups -OCH3 is 1. The van der Waals surface area contributed by atoms with Crippen molar-refractivity contribution < 1.29 is 13.9 Å². The monoisotopic (exact) mass is 383 g/mol. The summed E-state index contributed by atoms with van der Waals surface area (Å²) in [5.74, 6) is 0.491. The molecule has 0 aliphatic carbocycles. The Morgan fingerprint density at radius 3 is 2.59 bits per heavy atom. The average molecular weight is 383 g/mol. The third-order valence-electron chi connectivity index (χ3n) is 4.47. The fraction of sp³-hybridized carbons (Fsp3) is 0.238. The van der Waals surface area contributed by atoms with Gasteiger partial charge in [0, 0.05) is 34.0 Å². The summed E-state index contributed by atoms with van der Waals surface area (Å²) in [6.45, 7) is 1.88. The molecule has 1 aromatic heterocycles. The maximum atomic E-state index is 12.4. The number of carbonyl (C=O) groups is 1. The van der Waals surface area contributed by atoms with E-state index in [-0.39, 0.29) is 12.3 Å². The lowest BCUT2D eigenvalue weighted by Gasteiger charge is -2.09. The Labute approximate surface area is 161 Å². The first-order valence-corrected chi connectivity index (χ1v) is 9.78. The number of hydrogen-bond donors (Lipinski definition) is 1. The zero-order valence-electron chi connectivity index (χ0n) is 15.5. The van der Waals surface area contributed by atoms with Crippen LogP contribution in [0.15, 0.2) is 56.6 Å². The number of benzene rings is 2. The highest BCUT2D eigenvalue weighted by atomic mass is 32.2. The molecule has 0 radical (unpaired) electrons. The molecule has 2 aromatic carbocycles. The molecule has 3 rings (SSSR count). The molecule has 1 amide bonds. The third kappa shape index (κ3) is 4.34. The Hall–Kier alpha value is -2.73. The number of fused-ring (bicyclic) bond motifs is 1. The Kier molecular flexibility index (Phi) is 5.86. The zero-order chi connectivity index (χ0) is 19.4. The van der Waals surface area contributed by atoms with Gasteiger partial charge >= 0.3 is 5.63 Å². The van der Waals surface area contributed by atoms with Crippen molar-refractivity contribution in [1.82, 2.24) is 0 Å². The van der Waals surface area contributed by atoms with Crippen LogP contribution < -0.4 is 15.7 Å². The van der Waals surface area contributed by atoms with E-state index < -0.39 is 5.63 Å². The zero-order valence-corrected chi connectivity index (χ0v) is 16.3. The molecule has 0 spiro atoms. The van der Waals surface area contributed by atoms with Gasteiger partial charge in [-0.2, -0.15) is 0 Å². The van der Waals surface area contributed by atoms with Crippen LogP contribution in [0.25, 0.3) is 11.0 Å². The largest absolute Gasteiger partial charge is 0.497 e. The summed E-state index contributed by atoms with van der Waals surface area (Å²) in [6.07, 6.45) is 2.53. The standard InChI is InChI=1S/C21H21NO4S/c1-13-17-9-6-15(25-2)12-19(17)26-21(24)18(13)10-11-20(23)22-14-4-7-16(27-3)8-5-14/h4-9,12H,10-11H2,1-3H3,(H,22,23). The molecular formula is C21H21NO4S. The minimum Gasteiger partial charge on any atom is -0.497 e. The summed E-state index contributed by atoms with van der Waals surface area (Å²) in [5, 5.41) is 3.70. The summed E-state index contributed by atoms with van der Waals surface area (Å²) >= 11 is 1.64. The second-order valence-electron chi connectivity index (χ2n) is 6.13. The quantitative estimate of drug-likeness (QED) is 0.505. The highest BCUT2D eigenvalue weighted by molar-refractivity contribution is 7.98. The number of thioether (sulfide) groups is 1. The van der Waals surface area contributed by atoms with Gasteiger partial charge in [-0.25, -0.2) is 4.79 Å². The van der Waals surface area contributed by atoms with E-state index in [4.69, 9.17) is 9.15 Å². The lowest BCUT2D eigenvalue weighted by atomic mass is 10.0. The number of amides is 1. The molecular weight excluding hydrogens is 362 g/mol. The Bertz CT molecular complexity index is 1020. The first-order valence-electron chi connectivity index (χ1n) is 8.56. The van der Waals surface area contributed by atoms with Crippen molar-refractivity contribution in [2.75, 3.05) is 18.7 Å². The number of carbonyl (C=O) groups excluding carboxylic acids is 1. The van der Waals surface area contributed by atoms with Crippen molar-refractivity contribution in [1.29, 1.82) is 0 Å². The first kappa shape index (κ1) is 19.0. The number of aryl methyl sites for hydroxylation is 1. The van der Waals surface area contributed by atoms with Gasteiger partial charge in [0.2, 0.25) is 5.91 Å². The maximum absolute atomic E-state index is 12.4. The lowest BCUT2D eigenvalue weighted by molar-refractivity contribution is -0.116. The number of ether oxygens (including phenoxy) is 1. The van der Waals surface area contributed by atoms with E-state index in [2.05, 4.69) is 5.32 Å². The van der Waals surface area contributed by atoms with Gasteiger partial charge < -0.3 is 14.5 Å². The smallest absolute Gasteiger partial charge is 0.339 e. The molecule has 0 bridgehead atoms. The van der Waals surface area contributed by atoms with Crippen molar-refractivity contribution in [2.45, 2.75) is 24.7 Å². The second kappa shape index (κ2) is 8.31. The fourth-order valence-electron chi connectivity index (χ4n) is 2.93. The van der Waals surface area contributed by atoms with Gasteiger partial charge in [-0.3, -0.25) is 4.79 Å². The summed E-state index contributed by atoms with van der Waals surface area (Å²) in [5.41, 5.74) is 2.18. The Morgan fingerprint density at radius 2 is 1.93 bits per heavy atom. The second-order valence-corrected chi connectivity index (χ2v) is 7.01. The van der Waals surface area contributed by atoms with Crippen LogP contribution in [0, 0.1) is 6.92 Å². The van der Waals surface area contributed by atoms with Crippen molar-refractivity contribution in [3.63, 3.8) is 0 Å². The molecule has 1 heterocycles. The topological polar surface area (TPSA) is 68.5 Å². The predicted octanol–water partition coefficient (Wildman–Crippen LogP) is 4.40. The van der Waals surface area contributed by atoms with Gasteiger partial charge in [0.25, 0.3) is 0 Å². The van der Waals surface area contributed by atoms with Crippen molar-refractivity contribution in [3.05, 3.63) is 64.0 Å².